The summed E-state index contributed by atoms with van der Waals surface area (Å²) in [4.78, 5) is 14.7. The molecular weight excluding hydrogens is 302 g/mol. The molecule has 24 heavy (non-hydrogen) atoms. The lowest BCUT2D eigenvalue weighted by molar-refractivity contribution is -0.134. The Hall–Kier alpha value is -2.33. The van der Waals surface area contributed by atoms with Crippen LogP contribution in [0.25, 0.3) is 0 Å². The van der Waals surface area contributed by atoms with Crippen LogP contribution in [0.5, 0.6) is 5.75 Å². The highest BCUT2D eigenvalue weighted by atomic mass is 16.5. The van der Waals surface area contributed by atoms with E-state index < -0.39 is 0 Å². The first-order valence-electron chi connectivity index (χ1n) is 8.27. The summed E-state index contributed by atoms with van der Waals surface area (Å²) in [7, 11) is 1.64. The van der Waals surface area contributed by atoms with Gasteiger partial charge in [0.05, 0.1) is 7.11 Å². The average Bonchev–Trinajstić information content (AvgIpc) is 3.42. The standard InChI is InChI=1S/C20H23NO3/c1-24-18-9-7-16(8-10-18)13-21(12-15-5-3-2-4-6-15)20(23)19-11-17(19)14-22/h2-10,17,19,22H,11-14H2,1H3/t17-,19-/m1/s1. The molecule has 1 N–H and O–H groups in total. The number of amides is 1. The Kier molecular flexibility index (Phi) is 5.16. The molecule has 0 unspecified atom stereocenters. The number of ether oxygens (including phenoxy) is 1. The molecule has 0 saturated heterocycles. The molecule has 2 aromatic rings. The van der Waals surface area contributed by atoms with Crippen LogP contribution in [0.1, 0.15) is 17.5 Å². The summed E-state index contributed by atoms with van der Waals surface area (Å²) in [6.45, 7) is 1.24. The van der Waals surface area contributed by atoms with Crippen LogP contribution in [0.4, 0.5) is 0 Å². The smallest absolute Gasteiger partial charge is 0.226 e. The topological polar surface area (TPSA) is 49.8 Å². The highest BCUT2D eigenvalue weighted by Gasteiger charge is 2.44. The lowest BCUT2D eigenvalue weighted by Crippen LogP contribution is -2.32. The fraction of sp³-hybridized carbons (Fsp3) is 0.350. The maximum atomic E-state index is 12.8. The minimum absolute atomic E-state index is 0.0306. The van der Waals surface area contributed by atoms with Gasteiger partial charge in [0.25, 0.3) is 0 Å². The van der Waals surface area contributed by atoms with Gasteiger partial charge in [-0.05, 0) is 35.6 Å². The molecule has 1 amide bonds. The van der Waals surface area contributed by atoms with Crippen LogP contribution in [-0.4, -0.2) is 29.6 Å². The molecule has 0 aromatic heterocycles. The first kappa shape index (κ1) is 16.5. The van der Waals surface area contributed by atoms with Gasteiger partial charge in [-0.1, -0.05) is 42.5 Å². The number of rotatable bonds is 7. The maximum absolute atomic E-state index is 12.8. The summed E-state index contributed by atoms with van der Waals surface area (Å²) >= 11 is 0. The van der Waals surface area contributed by atoms with Crippen molar-refractivity contribution in [2.24, 2.45) is 11.8 Å². The number of hydrogen-bond donors (Lipinski definition) is 1. The summed E-state index contributed by atoms with van der Waals surface area (Å²) in [5, 5.41) is 9.26. The number of aliphatic hydroxyl groups is 1. The first-order valence-corrected chi connectivity index (χ1v) is 8.27. The van der Waals surface area contributed by atoms with E-state index >= 15 is 0 Å². The van der Waals surface area contributed by atoms with Gasteiger partial charge in [-0.15, -0.1) is 0 Å². The highest BCUT2D eigenvalue weighted by molar-refractivity contribution is 5.81. The zero-order chi connectivity index (χ0) is 16.9. The Morgan fingerprint density at radius 3 is 2.25 bits per heavy atom. The van der Waals surface area contributed by atoms with Gasteiger partial charge in [0.15, 0.2) is 0 Å². The fourth-order valence-corrected chi connectivity index (χ4v) is 2.95. The third-order valence-corrected chi connectivity index (χ3v) is 4.53. The van der Waals surface area contributed by atoms with Crippen molar-refractivity contribution in [3.63, 3.8) is 0 Å². The van der Waals surface area contributed by atoms with E-state index in [0.29, 0.717) is 13.1 Å². The Morgan fingerprint density at radius 1 is 1.08 bits per heavy atom. The maximum Gasteiger partial charge on any atom is 0.226 e. The Bertz CT molecular complexity index is 669. The van der Waals surface area contributed by atoms with Crippen LogP contribution in [0.3, 0.4) is 0 Å². The number of carbonyl (C=O) groups is 1. The fourth-order valence-electron chi connectivity index (χ4n) is 2.95. The molecule has 2 atom stereocenters. The molecule has 1 aliphatic rings. The van der Waals surface area contributed by atoms with Gasteiger partial charge >= 0.3 is 0 Å². The molecule has 0 bridgehead atoms. The number of hydrogen-bond acceptors (Lipinski definition) is 3. The van der Waals surface area contributed by atoms with Gasteiger partial charge in [-0.25, -0.2) is 0 Å². The molecule has 1 saturated carbocycles. The van der Waals surface area contributed by atoms with Crippen molar-refractivity contribution in [1.29, 1.82) is 0 Å². The van der Waals surface area contributed by atoms with Gasteiger partial charge in [0.1, 0.15) is 5.75 Å². The molecule has 0 aliphatic heterocycles. The van der Waals surface area contributed by atoms with Crippen molar-refractivity contribution in [2.75, 3.05) is 13.7 Å². The largest absolute Gasteiger partial charge is 0.497 e. The molecule has 126 valence electrons. The van der Waals surface area contributed by atoms with E-state index in [1.54, 1.807) is 7.11 Å². The summed E-state index contributed by atoms with van der Waals surface area (Å²) in [5.41, 5.74) is 2.18. The number of benzene rings is 2. The van der Waals surface area contributed by atoms with E-state index in [2.05, 4.69) is 0 Å². The zero-order valence-electron chi connectivity index (χ0n) is 13.9. The molecule has 1 fully saturated rings. The van der Waals surface area contributed by atoms with Crippen molar-refractivity contribution >= 4 is 5.91 Å². The van der Waals surface area contributed by atoms with Crippen LogP contribution in [0.2, 0.25) is 0 Å². The lowest BCUT2D eigenvalue weighted by atomic mass is 10.1. The van der Waals surface area contributed by atoms with E-state index in [9.17, 15) is 9.90 Å². The predicted molar refractivity (Wildman–Crippen MR) is 92.4 cm³/mol. The normalized spacial score (nSPS) is 18.9. The Balaban J connectivity index is 1.74. The number of nitrogens with zero attached hydrogens (tertiary/aromatic N) is 1. The minimum Gasteiger partial charge on any atom is -0.497 e. The van der Waals surface area contributed by atoms with Gasteiger partial charge in [-0.2, -0.15) is 0 Å². The van der Waals surface area contributed by atoms with Crippen LogP contribution in [0, 0.1) is 11.8 Å². The molecule has 3 rings (SSSR count). The van der Waals surface area contributed by atoms with Crippen molar-refractivity contribution < 1.29 is 14.6 Å². The quantitative estimate of drug-likeness (QED) is 0.851. The second-order valence-corrected chi connectivity index (χ2v) is 6.31. The molecule has 0 heterocycles. The third kappa shape index (κ3) is 3.95. The van der Waals surface area contributed by atoms with Crippen molar-refractivity contribution in [1.82, 2.24) is 4.90 Å². The van der Waals surface area contributed by atoms with Gasteiger partial charge in [0, 0.05) is 25.6 Å². The minimum atomic E-state index is -0.0306. The van der Waals surface area contributed by atoms with E-state index in [4.69, 9.17) is 4.74 Å². The van der Waals surface area contributed by atoms with Crippen LogP contribution in [0.15, 0.2) is 54.6 Å². The average molecular weight is 325 g/mol. The van der Waals surface area contributed by atoms with Crippen LogP contribution < -0.4 is 4.74 Å². The summed E-state index contributed by atoms with van der Waals surface area (Å²) < 4.78 is 5.19. The Morgan fingerprint density at radius 2 is 1.71 bits per heavy atom. The van der Waals surface area contributed by atoms with Crippen molar-refractivity contribution in [3.8, 4) is 5.75 Å². The molecule has 4 heteroatoms. The Labute approximate surface area is 142 Å². The van der Waals surface area contributed by atoms with E-state index in [1.807, 2.05) is 59.5 Å². The van der Waals surface area contributed by atoms with Gasteiger partial charge < -0.3 is 14.7 Å². The predicted octanol–water partition coefficient (Wildman–Crippen LogP) is 2.85. The van der Waals surface area contributed by atoms with E-state index in [-0.39, 0.29) is 24.3 Å². The SMILES string of the molecule is COc1ccc(CN(Cc2ccccc2)C(=O)[C@@H]2C[C@@H]2CO)cc1. The lowest BCUT2D eigenvalue weighted by Gasteiger charge is -2.23. The molecule has 4 nitrogen and oxygen atoms in total. The number of aliphatic hydroxyl groups excluding tert-OH is 1. The zero-order valence-corrected chi connectivity index (χ0v) is 13.9. The monoisotopic (exact) mass is 325 g/mol. The van der Waals surface area contributed by atoms with Gasteiger partial charge in [-0.3, -0.25) is 4.79 Å². The summed E-state index contributed by atoms with van der Waals surface area (Å²) in [5.74, 6) is 1.04. The highest BCUT2D eigenvalue weighted by Crippen LogP contribution is 2.39. The van der Waals surface area contributed by atoms with Crippen LogP contribution in [-0.2, 0) is 17.9 Å². The van der Waals surface area contributed by atoms with Crippen molar-refractivity contribution in [3.05, 3.63) is 65.7 Å². The van der Waals surface area contributed by atoms with Crippen LogP contribution >= 0.6 is 0 Å². The molecule has 0 radical (unpaired) electrons. The number of carbonyl (C=O) groups excluding carboxylic acids is 1. The second kappa shape index (κ2) is 7.49. The second-order valence-electron chi connectivity index (χ2n) is 6.31. The summed E-state index contributed by atoms with van der Waals surface area (Å²) in [6.07, 6.45) is 0.795. The van der Waals surface area contributed by atoms with Crippen molar-refractivity contribution in [2.45, 2.75) is 19.5 Å². The van der Waals surface area contributed by atoms with Gasteiger partial charge in [0.2, 0.25) is 5.91 Å². The molecule has 1 aliphatic carbocycles. The van der Waals surface area contributed by atoms with E-state index in [1.165, 1.54) is 0 Å². The first-order chi connectivity index (χ1) is 11.7. The summed E-state index contributed by atoms with van der Waals surface area (Å²) in [6, 6.07) is 17.8. The van der Waals surface area contributed by atoms with E-state index in [0.717, 1.165) is 23.3 Å². The molecule has 2 aromatic carbocycles. The molecular formula is C20H23NO3. The molecule has 0 spiro atoms. The number of methoxy groups -OCH3 is 1. The third-order valence-electron chi connectivity index (χ3n) is 4.53.